The first kappa shape index (κ1) is 16.8. The second kappa shape index (κ2) is 9.65. The minimum absolute atomic E-state index is 0.111. The van der Waals surface area contributed by atoms with Crippen molar-refractivity contribution in [3.8, 4) is 5.75 Å². The minimum atomic E-state index is 0.111. The van der Waals surface area contributed by atoms with Gasteiger partial charge in [-0.3, -0.25) is 4.79 Å². The van der Waals surface area contributed by atoms with E-state index < -0.39 is 0 Å². The Balaban J connectivity index is 2.16. The Morgan fingerprint density at radius 3 is 2.65 bits per heavy atom. The number of methoxy groups -OCH3 is 1. The number of amides is 1. The van der Waals surface area contributed by atoms with Gasteiger partial charge in [-0.25, -0.2) is 0 Å². The largest absolute Gasteiger partial charge is 0.497 e. The van der Waals surface area contributed by atoms with Gasteiger partial charge in [0, 0.05) is 18.8 Å². The molecule has 0 aliphatic rings. The van der Waals surface area contributed by atoms with Gasteiger partial charge in [0.1, 0.15) is 5.75 Å². The van der Waals surface area contributed by atoms with E-state index in [9.17, 15) is 4.79 Å². The molecule has 3 nitrogen and oxygen atoms in total. The molecule has 0 heterocycles. The fourth-order valence-electron chi connectivity index (χ4n) is 1.89. The summed E-state index contributed by atoms with van der Waals surface area (Å²) in [6, 6.07) is 7.82. The molecule has 1 N–H and O–H groups in total. The number of carbonyl (C=O) groups is 1. The zero-order valence-electron chi connectivity index (χ0n) is 12.3. The number of alkyl halides is 1. The smallest absolute Gasteiger partial charge is 0.220 e. The predicted octanol–water partition coefficient (Wildman–Crippen LogP) is 3.40. The van der Waals surface area contributed by atoms with E-state index in [0.717, 1.165) is 37.1 Å². The summed E-state index contributed by atoms with van der Waals surface area (Å²) < 4.78 is 5.10. The molecule has 4 heteroatoms. The molecule has 0 radical (unpaired) electrons. The van der Waals surface area contributed by atoms with Crippen molar-refractivity contribution in [2.75, 3.05) is 19.5 Å². The Bertz CT molecular complexity index is 392. The quantitative estimate of drug-likeness (QED) is 0.560. The Morgan fingerprint density at radius 1 is 1.35 bits per heavy atom. The van der Waals surface area contributed by atoms with Crippen LogP contribution in [-0.4, -0.2) is 25.4 Å². The zero-order valence-corrected chi connectivity index (χ0v) is 13.1. The Morgan fingerprint density at radius 2 is 2.05 bits per heavy atom. The highest BCUT2D eigenvalue weighted by molar-refractivity contribution is 6.18. The summed E-state index contributed by atoms with van der Waals surface area (Å²) in [5, 5.41) is 2.95. The van der Waals surface area contributed by atoms with Gasteiger partial charge in [-0.2, -0.15) is 0 Å². The van der Waals surface area contributed by atoms with Crippen molar-refractivity contribution in [2.45, 2.75) is 32.6 Å². The summed E-state index contributed by atoms with van der Waals surface area (Å²) in [6.07, 6.45) is 3.33. The van der Waals surface area contributed by atoms with Crippen molar-refractivity contribution in [3.63, 3.8) is 0 Å². The van der Waals surface area contributed by atoms with Gasteiger partial charge in [-0.05, 0) is 42.9 Å². The van der Waals surface area contributed by atoms with Crippen molar-refractivity contribution in [1.29, 1.82) is 0 Å². The van der Waals surface area contributed by atoms with E-state index in [-0.39, 0.29) is 5.91 Å². The van der Waals surface area contributed by atoms with Crippen LogP contribution in [0.2, 0.25) is 0 Å². The van der Waals surface area contributed by atoms with Crippen molar-refractivity contribution >= 4 is 17.5 Å². The number of ether oxygens (including phenoxy) is 1. The van der Waals surface area contributed by atoms with E-state index in [4.69, 9.17) is 16.3 Å². The first-order valence-corrected chi connectivity index (χ1v) is 7.64. The maximum absolute atomic E-state index is 11.7. The predicted molar refractivity (Wildman–Crippen MR) is 83.4 cm³/mol. The van der Waals surface area contributed by atoms with E-state index in [0.29, 0.717) is 18.2 Å². The minimum Gasteiger partial charge on any atom is -0.497 e. The van der Waals surface area contributed by atoms with E-state index in [2.05, 4.69) is 12.2 Å². The maximum atomic E-state index is 11.7. The Hall–Kier alpha value is -1.22. The molecule has 1 amide bonds. The average Bonchev–Trinajstić information content (AvgIpc) is 2.49. The third-order valence-electron chi connectivity index (χ3n) is 3.26. The molecule has 1 aromatic carbocycles. The fraction of sp³-hybridized carbons (Fsp3) is 0.562. The van der Waals surface area contributed by atoms with Gasteiger partial charge in [-0.1, -0.05) is 19.1 Å². The number of hydrogen-bond acceptors (Lipinski definition) is 2. The molecule has 1 atom stereocenters. The van der Waals surface area contributed by atoms with Gasteiger partial charge in [0.15, 0.2) is 0 Å². The standard InChI is InChI=1S/C16H24ClNO2/c1-13(12-17)4-3-11-18-16(19)10-7-14-5-8-15(20-2)9-6-14/h5-6,8-9,13H,3-4,7,10-12H2,1-2H3,(H,18,19). The molecule has 112 valence electrons. The summed E-state index contributed by atoms with van der Waals surface area (Å²) in [5.74, 6) is 2.16. The van der Waals surface area contributed by atoms with Gasteiger partial charge >= 0.3 is 0 Å². The second-order valence-corrected chi connectivity index (χ2v) is 5.41. The third-order valence-corrected chi connectivity index (χ3v) is 3.79. The molecule has 0 saturated heterocycles. The lowest BCUT2D eigenvalue weighted by Gasteiger charge is -2.08. The molecule has 0 spiro atoms. The van der Waals surface area contributed by atoms with Gasteiger partial charge < -0.3 is 10.1 Å². The first-order valence-electron chi connectivity index (χ1n) is 7.11. The van der Waals surface area contributed by atoms with Crippen LogP contribution in [0.4, 0.5) is 0 Å². The normalized spacial score (nSPS) is 11.9. The van der Waals surface area contributed by atoms with E-state index in [1.54, 1.807) is 7.11 Å². The van der Waals surface area contributed by atoms with Gasteiger partial charge in [0.25, 0.3) is 0 Å². The number of benzene rings is 1. The lowest BCUT2D eigenvalue weighted by atomic mass is 10.1. The molecule has 0 bridgehead atoms. The van der Waals surface area contributed by atoms with Crippen molar-refractivity contribution < 1.29 is 9.53 Å². The zero-order chi connectivity index (χ0) is 14.8. The highest BCUT2D eigenvalue weighted by atomic mass is 35.5. The third kappa shape index (κ3) is 6.80. The molecule has 20 heavy (non-hydrogen) atoms. The highest BCUT2D eigenvalue weighted by Gasteiger charge is 2.03. The first-order chi connectivity index (χ1) is 9.65. The van der Waals surface area contributed by atoms with E-state index in [1.165, 1.54) is 0 Å². The van der Waals surface area contributed by atoms with Crippen LogP contribution in [0.15, 0.2) is 24.3 Å². The number of aryl methyl sites for hydroxylation is 1. The van der Waals surface area contributed by atoms with E-state index in [1.807, 2.05) is 24.3 Å². The van der Waals surface area contributed by atoms with Gasteiger partial charge in [0.2, 0.25) is 5.91 Å². The number of nitrogens with one attached hydrogen (secondary N) is 1. The van der Waals surface area contributed by atoms with Crippen LogP contribution >= 0.6 is 11.6 Å². The molecule has 0 fully saturated rings. The second-order valence-electron chi connectivity index (χ2n) is 5.10. The topological polar surface area (TPSA) is 38.3 Å². The number of halogens is 1. The Kier molecular flexibility index (Phi) is 8.12. The van der Waals surface area contributed by atoms with Crippen LogP contribution in [0.25, 0.3) is 0 Å². The van der Waals surface area contributed by atoms with Gasteiger partial charge in [0.05, 0.1) is 7.11 Å². The molecule has 1 aromatic rings. The van der Waals surface area contributed by atoms with Crippen LogP contribution < -0.4 is 10.1 Å². The van der Waals surface area contributed by atoms with Crippen LogP contribution in [0.1, 0.15) is 31.7 Å². The van der Waals surface area contributed by atoms with Crippen molar-refractivity contribution in [3.05, 3.63) is 29.8 Å². The molecule has 0 aromatic heterocycles. The lowest BCUT2D eigenvalue weighted by Crippen LogP contribution is -2.25. The molecule has 1 rings (SSSR count). The monoisotopic (exact) mass is 297 g/mol. The van der Waals surface area contributed by atoms with Crippen molar-refractivity contribution in [2.24, 2.45) is 5.92 Å². The van der Waals surface area contributed by atoms with Crippen LogP contribution in [0.5, 0.6) is 5.75 Å². The number of rotatable bonds is 9. The molecular formula is C16H24ClNO2. The highest BCUT2D eigenvalue weighted by Crippen LogP contribution is 2.12. The van der Waals surface area contributed by atoms with Crippen LogP contribution in [0.3, 0.4) is 0 Å². The van der Waals surface area contributed by atoms with Gasteiger partial charge in [-0.15, -0.1) is 11.6 Å². The summed E-state index contributed by atoms with van der Waals surface area (Å²) in [5.41, 5.74) is 1.15. The molecular weight excluding hydrogens is 274 g/mol. The summed E-state index contributed by atoms with van der Waals surface area (Å²) >= 11 is 5.74. The summed E-state index contributed by atoms with van der Waals surface area (Å²) in [7, 11) is 1.65. The van der Waals surface area contributed by atoms with E-state index >= 15 is 0 Å². The Labute approximate surface area is 126 Å². The number of hydrogen-bond donors (Lipinski definition) is 1. The van der Waals surface area contributed by atoms with Crippen LogP contribution in [-0.2, 0) is 11.2 Å². The molecule has 0 aliphatic carbocycles. The molecule has 1 unspecified atom stereocenters. The number of carbonyl (C=O) groups excluding carboxylic acids is 1. The fourth-order valence-corrected chi connectivity index (χ4v) is 2.05. The lowest BCUT2D eigenvalue weighted by molar-refractivity contribution is -0.121. The summed E-state index contributed by atoms with van der Waals surface area (Å²) in [4.78, 5) is 11.7. The molecule has 0 saturated carbocycles. The average molecular weight is 298 g/mol. The SMILES string of the molecule is COc1ccc(CCC(=O)NCCCC(C)CCl)cc1. The molecule has 0 aliphatic heterocycles. The van der Waals surface area contributed by atoms with Crippen LogP contribution in [0, 0.1) is 5.92 Å². The summed E-state index contributed by atoms with van der Waals surface area (Å²) in [6.45, 7) is 2.86. The maximum Gasteiger partial charge on any atom is 0.220 e. The van der Waals surface area contributed by atoms with Crippen molar-refractivity contribution in [1.82, 2.24) is 5.32 Å².